The Morgan fingerprint density at radius 3 is 2.88 bits per heavy atom. The van der Waals surface area contributed by atoms with Gasteiger partial charge in [0, 0.05) is 31.1 Å². The van der Waals surface area contributed by atoms with E-state index >= 15 is 0 Å². The molecule has 1 saturated carbocycles. The maximum atomic E-state index is 5.68. The molecule has 2 N–H and O–H groups in total. The third-order valence-electron chi connectivity index (χ3n) is 3.74. The summed E-state index contributed by atoms with van der Waals surface area (Å²) >= 11 is 0. The summed E-state index contributed by atoms with van der Waals surface area (Å²) in [5.74, 6) is 0.619. The molecule has 4 nitrogen and oxygen atoms in total. The predicted octanol–water partition coefficient (Wildman–Crippen LogP) is 2.08. The van der Waals surface area contributed by atoms with E-state index in [-0.39, 0.29) is 0 Å². The van der Waals surface area contributed by atoms with E-state index in [1.165, 1.54) is 36.8 Å². The van der Waals surface area contributed by atoms with Crippen molar-refractivity contribution in [2.45, 2.75) is 38.1 Å². The van der Waals surface area contributed by atoms with Gasteiger partial charge in [-0.05, 0) is 24.5 Å². The van der Waals surface area contributed by atoms with Crippen LogP contribution in [-0.2, 0) is 13.6 Å². The SMILES string of the molecule is Cn1nc(C2CCCC2)c2cc(CN)cnc21. The number of aryl methyl sites for hydroxylation is 1. The first-order chi connectivity index (χ1) is 8.29. The zero-order chi connectivity index (χ0) is 11.8. The number of hydrogen-bond acceptors (Lipinski definition) is 3. The minimum Gasteiger partial charge on any atom is -0.326 e. The van der Waals surface area contributed by atoms with Gasteiger partial charge in [-0.2, -0.15) is 5.10 Å². The van der Waals surface area contributed by atoms with E-state index in [1.54, 1.807) is 0 Å². The van der Waals surface area contributed by atoms with Crippen LogP contribution >= 0.6 is 0 Å². The summed E-state index contributed by atoms with van der Waals surface area (Å²) in [5.41, 5.74) is 8.97. The van der Waals surface area contributed by atoms with Crippen LogP contribution in [0.25, 0.3) is 11.0 Å². The largest absolute Gasteiger partial charge is 0.326 e. The van der Waals surface area contributed by atoms with Gasteiger partial charge in [-0.1, -0.05) is 12.8 Å². The Labute approximate surface area is 101 Å². The lowest BCUT2D eigenvalue weighted by atomic mass is 10.0. The molecule has 0 saturated heterocycles. The highest BCUT2D eigenvalue weighted by Crippen LogP contribution is 2.36. The summed E-state index contributed by atoms with van der Waals surface area (Å²) in [4.78, 5) is 4.46. The Kier molecular flexibility index (Phi) is 2.59. The molecule has 0 radical (unpaired) electrons. The molecule has 0 atom stereocenters. The van der Waals surface area contributed by atoms with Crippen molar-refractivity contribution in [3.63, 3.8) is 0 Å². The van der Waals surface area contributed by atoms with Gasteiger partial charge in [0.25, 0.3) is 0 Å². The topological polar surface area (TPSA) is 56.7 Å². The first-order valence-corrected chi connectivity index (χ1v) is 6.31. The molecule has 1 aliphatic carbocycles. The molecule has 90 valence electrons. The standard InChI is InChI=1S/C13H18N4/c1-17-13-11(6-9(7-14)8-15-13)12(16-17)10-4-2-3-5-10/h6,8,10H,2-5,7,14H2,1H3. The van der Waals surface area contributed by atoms with Crippen molar-refractivity contribution in [2.24, 2.45) is 12.8 Å². The van der Waals surface area contributed by atoms with Crippen molar-refractivity contribution in [3.05, 3.63) is 23.5 Å². The fraction of sp³-hybridized carbons (Fsp3) is 0.538. The molecule has 1 fully saturated rings. The van der Waals surface area contributed by atoms with E-state index < -0.39 is 0 Å². The number of nitrogens with two attached hydrogens (primary N) is 1. The molecule has 2 heterocycles. The lowest BCUT2D eigenvalue weighted by Gasteiger charge is -2.05. The van der Waals surface area contributed by atoms with Gasteiger partial charge in [-0.15, -0.1) is 0 Å². The quantitative estimate of drug-likeness (QED) is 0.859. The summed E-state index contributed by atoms with van der Waals surface area (Å²) in [7, 11) is 1.97. The highest BCUT2D eigenvalue weighted by Gasteiger charge is 2.23. The first kappa shape index (κ1) is 10.7. The molecular formula is C13H18N4. The van der Waals surface area contributed by atoms with Crippen LogP contribution in [0, 0.1) is 0 Å². The molecule has 0 amide bonds. The molecule has 1 aliphatic rings. The van der Waals surface area contributed by atoms with E-state index in [1.807, 2.05) is 17.9 Å². The van der Waals surface area contributed by atoms with Gasteiger partial charge in [-0.3, -0.25) is 4.68 Å². The Balaban J connectivity index is 2.16. The van der Waals surface area contributed by atoms with Gasteiger partial charge in [0.05, 0.1) is 5.69 Å². The van der Waals surface area contributed by atoms with Crippen LogP contribution in [0.1, 0.15) is 42.9 Å². The van der Waals surface area contributed by atoms with Crippen LogP contribution < -0.4 is 5.73 Å². The third-order valence-corrected chi connectivity index (χ3v) is 3.74. The maximum absolute atomic E-state index is 5.68. The van der Waals surface area contributed by atoms with Gasteiger partial charge in [-0.25, -0.2) is 4.98 Å². The molecule has 3 rings (SSSR count). The van der Waals surface area contributed by atoms with Crippen molar-refractivity contribution in [1.29, 1.82) is 0 Å². The van der Waals surface area contributed by atoms with Crippen LogP contribution in [0.15, 0.2) is 12.3 Å². The lowest BCUT2D eigenvalue weighted by molar-refractivity contribution is 0.664. The van der Waals surface area contributed by atoms with Crippen LogP contribution in [0.2, 0.25) is 0 Å². The summed E-state index contributed by atoms with van der Waals surface area (Å²) in [5, 5.41) is 5.86. The maximum Gasteiger partial charge on any atom is 0.157 e. The minimum atomic E-state index is 0.544. The molecule has 4 heteroatoms. The summed E-state index contributed by atoms with van der Waals surface area (Å²) < 4.78 is 1.89. The highest BCUT2D eigenvalue weighted by molar-refractivity contribution is 5.79. The predicted molar refractivity (Wildman–Crippen MR) is 67.6 cm³/mol. The van der Waals surface area contributed by atoms with Gasteiger partial charge >= 0.3 is 0 Å². The number of aromatic nitrogens is 3. The average Bonchev–Trinajstić information content (AvgIpc) is 2.97. The highest BCUT2D eigenvalue weighted by atomic mass is 15.3. The monoisotopic (exact) mass is 230 g/mol. The van der Waals surface area contributed by atoms with Gasteiger partial charge in [0.2, 0.25) is 0 Å². The number of rotatable bonds is 2. The molecular weight excluding hydrogens is 212 g/mol. The molecule has 0 bridgehead atoms. The van der Waals surface area contributed by atoms with Gasteiger partial charge in [0.15, 0.2) is 5.65 Å². The fourth-order valence-electron chi connectivity index (χ4n) is 2.82. The van der Waals surface area contributed by atoms with Gasteiger partial charge in [0.1, 0.15) is 0 Å². The summed E-state index contributed by atoms with van der Waals surface area (Å²) in [6.45, 7) is 0.544. The van der Waals surface area contributed by atoms with Crippen LogP contribution in [0.5, 0.6) is 0 Å². The van der Waals surface area contributed by atoms with Crippen LogP contribution in [0.3, 0.4) is 0 Å². The van der Waals surface area contributed by atoms with E-state index in [9.17, 15) is 0 Å². The second-order valence-corrected chi connectivity index (χ2v) is 4.91. The number of hydrogen-bond donors (Lipinski definition) is 1. The van der Waals surface area contributed by atoms with E-state index in [2.05, 4.69) is 16.1 Å². The number of nitrogens with zero attached hydrogens (tertiary/aromatic N) is 3. The van der Waals surface area contributed by atoms with Crippen molar-refractivity contribution >= 4 is 11.0 Å². The average molecular weight is 230 g/mol. The molecule has 0 unspecified atom stereocenters. The molecule has 0 aromatic carbocycles. The fourth-order valence-corrected chi connectivity index (χ4v) is 2.82. The zero-order valence-corrected chi connectivity index (χ0v) is 10.2. The van der Waals surface area contributed by atoms with Crippen molar-refractivity contribution in [3.8, 4) is 0 Å². The van der Waals surface area contributed by atoms with E-state index in [0.29, 0.717) is 12.5 Å². The Morgan fingerprint density at radius 1 is 1.41 bits per heavy atom. The van der Waals surface area contributed by atoms with Crippen molar-refractivity contribution < 1.29 is 0 Å². The van der Waals surface area contributed by atoms with E-state index in [0.717, 1.165) is 11.2 Å². The smallest absolute Gasteiger partial charge is 0.157 e. The van der Waals surface area contributed by atoms with E-state index in [4.69, 9.17) is 5.73 Å². The normalized spacial score (nSPS) is 17.1. The van der Waals surface area contributed by atoms with Crippen LogP contribution in [-0.4, -0.2) is 14.8 Å². The van der Waals surface area contributed by atoms with Gasteiger partial charge < -0.3 is 5.73 Å². The second kappa shape index (κ2) is 4.11. The molecule has 17 heavy (non-hydrogen) atoms. The third kappa shape index (κ3) is 1.72. The van der Waals surface area contributed by atoms with Crippen LogP contribution in [0.4, 0.5) is 0 Å². The second-order valence-electron chi connectivity index (χ2n) is 4.91. The number of pyridine rings is 1. The summed E-state index contributed by atoms with van der Waals surface area (Å²) in [6, 6.07) is 2.16. The molecule has 0 spiro atoms. The molecule has 2 aromatic rings. The summed E-state index contributed by atoms with van der Waals surface area (Å²) in [6.07, 6.45) is 7.03. The first-order valence-electron chi connectivity index (χ1n) is 6.31. The Hall–Kier alpha value is -1.42. The lowest BCUT2D eigenvalue weighted by Crippen LogP contribution is -1.98. The number of fused-ring (bicyclic) bond motifs is 1. The Morgan fingerprint density at radius 2 is 2.18 bits per heavy atom. The van der Waals surface area contributed by atoms with Crippen molar-refractivity contribution in [2.75, 3.05) is 0 Å². The molecule has 2 aromatic heterocycles. The minimum absolute atomic E-state index is 0.544. The molecule has 0 aliphatic heterocycles. The zero-order valence-electron chi connectivity index (χ0n) is 10.2. The Bertz CT molecular complexity index is 538. The van der Waals surface area contributed by atoms with Crippen molar-refractivity contribution in [1.82, 2.24) is 14.8 Å².